The van der Waals surface area contributed by atoms with Crippen LogP contribution in [0.3, 0.4) is 0 Å². The van der Waals surface area contributed by atoms with Crippen molar-refractivity contribution >= 4 is 17.3 Å². The first-order valence-corrected chi connectivity index (χ1v) is 5.82. The lowest BCUT2D eigenvalue weighted by Crippen LogP contribution is -2.44. The van der Waals surface area contributed by atoms with Crippen molar-refractivity contribution < 1.29 is 4.79 Å². The highest BCUT2D eigenvalue weighted by atomic mass is 16.2. The highest BCUT2D eigenvalue weighted by Crippen LogP contribution is 2.32. The fraction of sp³-hybridized carbons (Fsp3) is 0.462. The lowest BCUT2D eigenvalue weighted by atomic mass is 10.1. The molecular formula is C13H18N2O. The van der Waals surface area contributed by atoms with Crippen LogP contribution in [0.15, 0.2) is 18.2 Å². The molecule has 3 heteroatoms. The number of anilines is 2. The topological polar surface area (TPSA) is 32.3 Å². The van der Waals surface area contributed by atoms with E-state index in [0.717, 1.165) is 17.8 Å². The largest absolute Gasteiger partial charge is 0.374 e. The van der Waals surface area contributed by atoms with Crippen molar-refractivity contribution in [3.05, 3.63) is 23.8 Å². The van der Waals surface area contributed by atoms with Crippen molar-refractivity contribution in [3.8, 4) is 0 Å². The average Bonchev–Trinajstić information content (AvgIpc) is 2.27. The number of nitrogens with zero attached hydrogens (tertiary/aromatic N) is 1. The lowest BCUT2D eigenvalue weighted by Gasteiger charge is -2.33. The van der Waals surface area contributed by atoms with Crippen molar-refractivity contribution in [2.75, 3.05) is 16.8 Å². The second-order valence-corrected chi connectivity index (χ2v) is 4.42. The maximum Gasteiger partial charge on any atom is 0.246 e. The lowest BCUT2D eigenvalue weighted by molar-refractivity contribution is -0.117. The van der Waals surface area contributed by atoms with Crippen LogP contribution in [0.1, 0.15) is 26.3 Å². The van der Waals surface area contributed by atoms with Crippen molar-refractivity contribution in [3.63, 3.8) is 0 Å². The first-order valence-electron chi connectivity index (χ1n) is 5.82. The van der Waals surface area contributed by atoms with E-state index in [2.05, 4.69) is 30.4 Å². The van der Waals surface area contributed by atoms with E-state index in [1.165, 1.54) is 5.56 Å². The van der Waals surface area contributed by atoms with Crippen LogP contribution in [-0.2, 0) is 11.2 Å². The molecule has 1 N–H and O–H groups in total. The summed E-state index contributed by atoms with van der Waals surface area (Å²) in [6.07, 6.45) is 0.993. The Bertz CT molecular complexity index is 412. The van der Waals surface area contributed by atoms with Crippen molar-refractivity contribution in [2.24, 2.45) is 0 Å². The van der Waals surface area contributed by atoms with Gasteiger partial charge in [-0.25, -0.2) is 0 Å². The fourth-order valence-electron chi connectivity index (χ4n) is 2.10. The fourth-order valence-corrected chi connectivity index (χ4v) is 2.10. The SMILES string of the molecule is CCc1ccc2c(c1)N(C(C)C)C(=O)CN2. The number of benzene rings is 1. The van der Waals surface area contributed by atoms with Gasteiger partial charge in [0.1, 0.15) is 0 Å². The number of rotatable bonds is 2. The molecule has 1 aliphatic rings. The molecule has 0 spiro atoms. The van der Waals surface area contributed by atoms with E-state index in [4.69, 9.17) is 0 Å². The molecule has 0 saturated carbocycles. The zero-order valence-corrected chi connectivity index (χ0v) is 10.1. The maximum absolute atomic E-state index is 11.9. The highest BCUT2D eigenvalue weighted by molar-refractivity contribution is 6.03. The quantitative estimate of drug-likeness (QED) is 0.826. The molecule has 16 heavy (non-hydrogen) atoms. The van der Waals surface area contributed by atoms with Gasteiger partial charge in [0.25, 0.3) is 0 Å². The van der Waals surface area contributed by atoms with Gasteiger partial charge >= 0.3 is 0 Å². The molecule has 1 heterocycles. The minimum absolute atomic E-state index is 0.149. The normalized spacial score (nSPS) is 15.0. The Kier molecular flexibility index (Phi) is 2.86. The molecule has 1 amide bonds. The van der Waals surface area contributed by atoms with E-state index in [-0.39, 0.29) is 11.9 Å². The summed E-state index contributed by atoms with van der Waals surface area (Å²) in [5, 5.41) is 3.16. The molecule has 0 unspecified atom stereocenters. The molecule has 0 aromatic heterocycles. The smallest absolute Gasteiger partial charge is 0.246 e. The van der Waals surface area contributed by atoms with Gasteiger partial charge in [0.15, 0.2) is 0 Å². The van der Waals surface area contributed by atoms with Crippen LogP contribution in [0.4, 0.5) is 11.4 Å². The van der Waals surface area contributed by atoms with Crippen LogP contribution >= 0.6 is 0 Å². The van der Waals surface area contributed by atoms with E-state index in [0.29, 0.717) is 6.54 Å². The third kappa shape index (κ3) is 1.77. The monoisotopic (exact) mass is 218 g/mol. The van der Waals surface area contributed by atoms with Crippen LogP contribution in [0.25, 0.3) is 0 Å². The Morgan fingerprint density at radius 2 is 2.19 bits per heavy atom. The molecule has 86 valence electrons. The summed E-state index contributed by atoms with van der Waals surface area (Å²) >= 11 is 0. The Hall–Kier alpha value is -1.51. The van der Waals surface area contributed by atoms with Gasteiger partial charge in [0.2, 0.25) is 5.91 Å². The van der Waals surface area contributed by atoms with Gasteiger partial charge in [0.05, 0.1) is 17.9 Å². The summed E-state index contributed by atoms with van der Waals surface area (Å²) in [4.78, 5) is 13.7. The molecular weight excluding hydrogens is 200 g/mol. The van der Waals surface area contributed by atoms with E-state index < -0.39 is 0 Å². The molecule has 3 nitrogen and oxygen atoms in total. The number of carbonyl (C=O) groups is 1. The number of amides is 1. The minimum Gasteiger partial charge on any atom is -0.374 e. The number of nitrogens with one attached hydrogen (secondary N) is 1. The summed E-state index contributed by atoms with van der Waals surface area (Å²) in [6, 6.07) is 6.50. The van der Waals surface area contributed by atoms with Crippen molar-refractivity contribution in [1.82, 2.24) is 0 Å². The molecule has 0 saturated heterocycles. The first-order chi connectivity index (χ1) is 7.63. The van der Waals surface area contributed by atoms with Crippen LogP contribution in [0.2, 0.25) is 0 Å². The van der Waals surface area contributed by atoms with Gasteiger partial charge < -0.3 is 10.2 Å². The molecule has 1 aromatic rings. The molecule has 0 fully saturated rings. The van der Waals surface area contributed by atoms with Crippen molar-refractivity contribution in [2.45, 2.75) is 33.2 Å². The maximum atomic E-state index is 11.9. The van der Waals surface area contributed by atoms with Crippen LogP contribution in [0.5, 0.6) is 0 Å². The first kappa shape index (κ1) is 11.0. The molecule has 2 rings (SSSR count). The Morgan fingerprint density at radius 1 is 1.44 bits per heavy atom. The Morgan fingerprint density at radius 3 is 2.81 bits per heavy atom. The summed E-state index contributed by atoms with van der Waals surface area (Å²) in [5.74, 6) is 0.149. The molecule has 0 aliphatic carbocycles. The third-order valence-corrected chi connectivity index (χ3v) is 2.95. The zero-order valence-electron chi connectivity index (χ0n) is 10.1. The molecule has 1 aromatic carbocycles. The summed E-state index contributed by atoms with van der Waals surface area (Å²) in [5.41, 5.74) is 3.34. The number of fused-ring (bicyclic) bond motifs is 1. The van der Waals surface area contributed by atoms with E-state index in [1.54, 1.807) is 0 Å². The minimum atomic E-state index is 0.149. The second-order valence-electron chi connectivity index (χ2n) is 4.42. The predicted molar refractivity (Wildman–Crippen MR) is 66.9 cm³/mol. The number of aryl methyl sites for hydroxylation is 1. The second kappa shape index (κ2) is 4.16. The Labute approximate surface area is 96.5 Å². The van der Waals surface area contributed by atoms with E-state index >= 15 is 0 Å². The predicted octanol–water partition coefficient (Wildman–Crippen LogP) is 2.42. The zero-order chi connectivity index (χ0) is 11.7. The number of hydrogen-bond acceptors (Lipinski definition) is 2. The van der Waals surface area contributed by atoms with Gasteiger partial charge in [-0.15, -0.1) is 0 Å². The van der Waals surface area contributed by atoms with Gasteiger partial charge in [-0.05, 0) is 38.0 Å². The van der Waals surface area contributed by atoms with E-state index in [9.17, 15) is 4.79 Å². The molecule has 0 atom stereocenters. The average molecular weight is 218 g/mol. The highest BCUT2D eigenvalue weighted by Gasteiger charge is 2.25. The van der Waals surface area contributed by atoms with Gasteiger partial charge in [-0.2, -0.15) is 0 Å². The Balaban J connectivity index is 2.48. The number of carbonyl (C=O) groups excluding carboxylic acids is 1. The summed E-state index contributed by atoms with van der Waals surface area (Å²) in [7, 11) is 0. The van der Waals surface area contributed by atoms with Crippen LogP contribution < -0.4 is 10.2 Å². The number of hydrogen-bond donors (Lipinski definition) is 1. The van der Waals surface area contributed by atoms with Crippen LogP contribution in [0, 0.1) is 0 Å². The third-order valence-electron chi connectivity index (χ3n) is 2.95. The van der Waals surface area contributed by atoms with Crippen LogP contribution in [-0.4, -0.2) is 18.5 Å². The van der Waals surface area contributed by atoms with E-state index in [1.807, 2.05) is 18.7 Å². The van der Waals surface area contributed by atoms with Gasteiger partial charge in [0, 0.05) is 6.04 Å². The summed E-state index contributed by atoms with van der Waals surface area (Å²) in [6.45, 7) is 6.62. The van der Waals surface area contributed by atoms with Crippen molar-refractivity contribution in [1.29, 1.82) is 0 Å². The standard InChI is InChI=1S/C13H18N2O/c1-4-10-5-6-11-12(7-10)15(9(2)3)13(16)8-14-11/h5-7,9,14H,4,8H2,1-3H3. The summed E-state index contributed by atoms with van der Waals surface area (Å²) < 4.78 is 0. The molecule has 0 radical (unpaired) electrons. The molecule has 1 aliphatic heterocycles. The van der Waals surface area contributed by atoms with Gasteiger partial charge in [-0.1, -0.05) is 13.0 Å². The molecule has 0 bridgehead atoms. The van der Waals surface area contributed by atoms with Gasteiger partial charge in [-0.3, -0.25) is 4.79 Å².